The van der Waals surface area contributed by atoms with E-state index in [1.54, 1.807) is 0 Å². The van der Waals surface area contributed by atoms with Crippen molar-refractivity contribution in [1.82, 2.24) is 4.90 Å². The zero-order chi connectivity index (χ0) is 13.7. The molecule has 0 fully saturated rings. The van der Waals surface area contributed by atoms with Crippen LogP contribution >= 0.6 is 11.6 Å². The molecular formula is C16H19ClN2. The summed E-state index contributed by atoms with van der Waals surface area (Å²) >= 11 is 5.90. The molecule has 0 spiro atoms. The van der Waals surface area contributed by atoms with Gasteiger partial charge in [-0.15, -0.1) is 0 Å². The summed E-state index contributed by atoms with van der Waals surface area (Å²) in [6, 6.07) is 16.2. The summed E-state index contributed by atoms with van der Waals surface area (Å²) in [4.78, 5) is 2.27. The highest BCUT2D eigenvalue weighted by Gasteiger charge is 2.04. The summed E-state index contributed by atoms with van der Waals surface area (Å²) < 4.78 is 0. The lowest BCUT2D eigenvalue weighted by Crippen LogP contribution is -2.21. The highest BCUT2D eigenvalue weighted by atomic mass is 35.5. The second-order valence-electron chi connectivity index (χ2n) is 4.82. The first-order valence-electron chi connectivity index (χ1n) is 6.41. The molecule has 2 aromatic carbocycles. The third-order valence-electron chi connectivity index (χ3n) is 3.17. The summed E-state index contributed by atoms with van der Waals surface area (Å²) in [5.74, 6) is 0. The Labute approximate surface area is 119 Å². The van der Waals surface area contributed by atoms with Crippen LogP contribution in [0.2, 0.25) is 5.02 Å². The SMILES string of the molecule is CN(CCc1ccccc1)Cc1ccc(Cl)cc1N. The van der Waals surface area contributed by atoms with Gasteiger partial charge in [0, 0.05) is 23.8 Å². The Morgan fingerprint density at radius 2 is 1.84 bits per heavy atom. The second kappa shape index (κ2) is 6.60. The van der Waals surface area contributed by atoms with Crippen molar-refractivity contribution in [2.24, 2.45) is 0 Å². The van der Waals surface area contributed by atoms with Crippen LogP contribution < -0.4 is 5.73 Å². The Morgan fingerprint density at radius 3 is 2.53 bits per heavy atom. The Balaban J connectivity index is 1.89. The summed E-state index contributed by atoms with van der Waals surface area (Å²) in [6.45, 7) is 1.85. The van der Waals surface area contributed by atoms with Gasteiger partial charge in [0.1, 0.15) is 0 Å². The molecular weight excluding hydrogens is 256 g/mol. The second-order valence-corrected chi connectivity index (χ2v) is 5.25. The predicted molar refractivity (Wildman–Crippen MR) is 82.3 cm³/mol. The van der Waals surface area contributed by atoms with E-state index in [1.165, 1.54) is 5.56 Å². The average molecular weight is 275 g/mol. The van der Waals surface area contributed by atoms with Crippen molar-refractivity contribution in [3.05, 3.63) is 64.7 Å². The highest BCUT2D eigenvalue weighted by Crippen LogP contribution is 2.19. The van der Waals surface area contributed by atoms with E-state index in [2.05, 4.69) is 36.2 Å². The van der Waals surface area contributed by atoms with Crippen LogP contribution in [-0.2, 0) is 13.0 Å². The normalized spacial score (nSPS) is 10.9. The number of anilines is 1. The number of halogens is 1. The van der Waals surface area contributed by atoms with Crippen molar-refractivity contribution in [2.75, 3.05) is 19.3 Å². The van der Waals surface area contributed by atoms with Crippen LogP contribution in [0.3, 0.4) is 0 Å². The molecule has 0 saturated heterocycles. The molecule has 0 saturated carbocycles. The van der Waals surface area contributed by atoms with Crippen molar-refractivity contribution in [2.45, 2.75) is 13.0 Å². The number of hydrogen-bond donors (Lipinski definition) is 1. The van der Waals surface area contributed by atoms with Gasteiger partial charge in [-0.25, -0.2) is 0 Å². The molecule has 3 heteroatoms. The minimum absolute atomic E-state index is 0.688. The number of nitrogens with zero attached hydrogens (tertiary/aromatic N) is 1. The molecule has 19 heavy (non-hydrogen) atoms. The van der Waals surface area contributed by atoms with Crippen molar-refractivity contribution >= 4 is 17.3 Å². The predicted octanol–water partition coefficient (Wildman–Crippen LogP) is 3.60. The Hall–Kier alpha value is -1.51. The standard InChI is InChI=1S/C16H19ClN2/c1-19(10-9-13-5-3-2-4-6-13)12-14-7-8-15(17)11-16(14)18/h2-8,11H,9-10,12,18H2,1H3. The number of likely N-dealkylation sites (N-methyl/N-ethyl adjacent to an activating group) is 1. The number of nitrogens with two attached hydrogens (primary N) is 1. The first kappa shape index (κ1) is 13.9. The Bertz CT molecular complexity index is 526. The fourth-order valence-corrected chi connectivity index (χ4v) is 2.22. The minimum Gasteiger partial charge on any atom is -0.398 e. The monoisotopic (exact) mass is 274 g/mol. The zero-order valence-electron chi connectivity index (χ0n) is 11.1. The van der Waals surface area contributed by atoms with Gasteiger partial charge in [-0.05, 0) is 36.7 Å². The quantitative estimate of drug-likeness (QED) is 0.844. The van der Waals surface area contributed by atoms with E-state index in [0.717, 1.165) is 30.8 Å². The summed E-state index contributed by atoms with van der Waals surface area (Å²) in [5, 5.41) is 0.688. The Morgan fingerprint density at radius 1 is 1.11 bits per heavy atom. The van der Waals surface area contributed by atoms with Crippen LogP contribution in [-0.4, -0.2) is 18.5 Å². The van der Waals surface area contributed by atoms with Crippen LogP contribution in [0, 0.1) is 0 Å². The number of benzene rings is 2. The van der Waals surface area contributed by atoms with Gasteiger partial charge >= 0.3 is 0 Å². The fourth-order valence-electron chi connectivity index (χ4n) is 2.04. The molecule has 100 valence electrons. The van der Waals surface area contributed by atoms with Gasteiger partial charge in [0.15, 0.2) is 0 Å². The summed E-state index contributed by atoms with van der Waals surface area (Å²) in [5.41, 5.74) is 9.21. The van der Waals surface area contributed by atoms with E-state index in [9.17, 15) is 0 Å². The lowest BCUT2D eigenvalue weighted by atomic mass is 10.1. The molecule has 0 atom stereocenters. The molecule has 0 unspecified atom stereocenters. The third-order valence-corrected chi connectivity index (χ3v) is 3.41. The third kappa shape index (κ3) is 4.27. The van der Waals surface area contributed by atoms with Gasteiger partial charge in [0.05, 0.1) is 0 Å². The van der Waals surface area contributed by atoms with E-state index in [0.29, 0.717) is 5.02 Å². The number of hydrogen-bond acceptors (Lipinski definition) is 2. The topological polar surface area (TPSA) is 29.3 Å². The van der Waals surface area contributed by atoms with E-state index in [1.807, 2.05) is 24.3 Å². The molecule has 2 rings (SSSR count). The molecule has 0 aliphatic rings. The van der Waals surface area contributed by atoms with Crippen LogP contribution in [0.4, 0.5) is 5.69 Å². The molecule has 2 N–H and O–H groups in total. The van der Waals surface area contributed by atoms with Gasteiger partial charge in [-0.1, -0.05) is 48.0 Å². The van der Waals surface area contributed by atoms with Crippen LogP contribution in [0.1, 0.15) is 11.1 Å². The fraction of sp³-hybridized carbons (Fsp3) is 0.250. The maximum Gasteiger partial charge on any atom is 0.0426 e. The number of nitrogen functional groups attached to an aromatic ring is 1. The Kier molecular flexibility index (Phi) is 4.83. The molecule has 0 aliphatic heterocycles. The molecule has 0 amide bonds. The smallest absolute Gasteiger partial charge is 0.0426 e. The van der Waals surface area contributed by atoms with Gasteiger partial charge in [0.2, 0.25) is 0 Å². The van der Waals surface area contributed by atoms with Gasteiger partial charge < -0.3 is 10.6 Å². The lowest BCUT2D eigenvalue weighted by Gasteiger charge is -2.18. The van der Waals surface area contributed by atoms with Crippen molar-refractivity contribution in [3.8, 4) is 0 Å². The van der Waals surface area contributed by atoms with E-state index < -0.39 is 0 Å². The van der Waals surface area contributed by atoms with Gasteiger partial charge in [-0.2, -0.15) is 0 Å². The molecule has 0 radical (unpaired) electrons. The molecule has 2 aromatic rings. The summed E-state index contributed by atoms with van der Waals surface area (Å²) in [6.07, 6.45) is 1.05. The van der Waals surface area contributed by atoms with E-state index in [-0.39, 0.29) is 0 Å². The lowest BCUT2D eigenvalue weighted by molar-refractivity contribution is 0.332. The number of rotatable bonds is 5. The molecule has 0 aromatic heterocycles. The van der Waals surface area contributed by atoms with Crippen molar-refractivity contribution in [1.29, 1.82) is 0 Å². The van der Waals surface area contributed by atoms with Gasteiger partial charge in [0.25, 0.3) is 0 Å². The average Bonchev–Trinajstić information content (AvgIpc) is 2.41. The van der Waals surface area contributed by atoms with E-state index in [4.69, 9.17) is 17.3 Å². The van der Waals surface area contributed by atoms with Crippen LogP contribution in [0.25, 0.3) is 0 Å². The van der Waals surface area contributed by atoms with E-state index >= 15 is 0 Å². The van der Waals surface area contributed by atoms with Crippen molar-refractivity contribution < 1.29 is 0 Å². The van der Waals surface area contributed by atoms with Crippen LogP contribution in [0.15, 0.2) is 48.5 Å². The van der Waals surface area contributed by atoms with Gasteiger partial charge in [-0.3, -0.25) is 0 Å². The highest BCUT2D eigenvalue weighted by molar-refractivity contribution is 6.30. The first-order chi connectivity index (χ1) is 9.15. The zero-order valence-corrected chi connectivity index (χ0v) is 11.9. The molecule has 0 heterocycles. The molecule has 2 nitrogen and oxygen atoms in total. The first-order valence-corrected chi connectivity index (χ1v) is 6.79. The maximum absolute atomic E-state index is 5.97. The molecule has 0 bridgehead atoms. The van der Waals surface area contributed by atoms with Crippen molar-refractivity contribution in [3.63, 3.8) is 0 Å². The summed E-state index contributed by atoms with van der Waals surface area (Å²) in [7, 11) is 2.11. The largest absolute Gasteiger partial charge is 0.398 e. The van der Waals surface area contributed by atoms with Crippen LogP contribution in [0.5, 0.6) is 0 Å². The molecule has 0 aliphatic carbocycles. The maximum atomic E-state index is 5.97. The minimum atomic E-state index is 0.688.